The summed E-state index contributed by atoms with van der Waals surface area (Å²) >= 11 is 0. The number of anilines is 1. The molecule has 10 heteroatoms. The molecule has 0 spiro atoms. The zero-order chi connectivity index (χ0) is 23.2. The Labute approximate surface area is 191 Å². The first-order valence-electron chi connectivity index (χ1n) is 11.6. The van der Waals surface area contributed by atoms with Gasteiger partial charge in [-0.05, 0) is 55.6 Å². The van der Waals surface area contributed by atoms with Crippen LogP contribution >= 0.6 is 0 Å². The lowest BCUT2D eigenvalue weighted by atomic mass is 10.0. The maximum absolute atomic E-state index is 12.7. The van der Waals surface area contributed by atoms with Crippen LogP contribution in [0.15, 0.2) is 23.3 Å². The number of ether oxygens (including phenoxy) is 2. The lowest BCUT2D eigenvalue weighted by molar-refractivity contribution is -0.274. The Balaban J connectivity index is 1.31. The van der Waals surface area contributed by atoms with E-state index in [1.807, 2.05) is 6.08 Å². The third-order valence-corrected chi connectivity index (χ3v) is 7.30. The van der Waals surface area contributed by atoms with Crippen molar-refractivity contribution < 1.29 is 22.6 Å². The maximum Gasteiger partial charge on any atom is 0.573 e. The molecule has 4 aliphatic rings. The average Bonchev–Trinajstić information content (AvgIpc) is 3.69. The molecule has 4 fully saturated rings. The topological polar surface area (TPSA) is 99.0 Å². The summed E-state index contributed by atoms with van der Waals surface area (Å²) in [4.78, 5) is 11.3. The van der Waals surface area contributed by atoms with Gasteiger partial charge in [-0.25, -0.2) is 4.98 Å². The molecular formula is C23H30F3N5O2. The van der Waals surface area contributed by atoms with Crippen LogP contribution in [0.2, 0.25) is 0 Å². The second-order valence-corrected chi connectivity index (χ2v) is 9.59. The Morgan fingerprint density at radius 2 is 1.94 bits per heavy atom. The summed E-state index contributed by atoms with van der Waals surface area (Å²) < 4.78 is 47.5. The number of aliphatic imine (C=N–C) groups is 1. The van der Waals surface area contributed by atoms with E-state index in [9.17, 15) is 13.2 Å². The SMILES string of the molecule is NC(=CC(=NCC1CC1)C1C2CC(N3CCOCC3)CC21)c1cnc(N)c(OC(F)(F)F)c1. The number of alkyl halides is 3. The van der Waals surface area contributed by atoms with Gasteiger partial charge >= 0.3 is 6.36 Å². The van der Waals surface area contributed by atoms with Crippen LogP contribution in [0.1, 0.15) is 31.2 Å². The molecular weight excluding hydrogens is 435 g/mol. The summed E-state index contributed by atoms with van der Waals surface area (Å²) in [5.74, 6) is 1.30. The number of hydrogen-bond donors (Lipinski definition) is 2. The standard InChI is InChI=1S/C23H30F3N5O2/c24-23(25,26)33-20-7-14(12-30-22(20)28)18(27)10-19(29-11-13-1-2-13)21-16-8-15(9-17(16)21)31-3-5-32-6-4-31/h7,10,12-13,15-17,21H,1-6,8-9,11,27H2,(H2,28,30). The van der Waals surface area contributed by atoms with E-state index in [0.29, 0.717) is 41.0 Å². The van der Waals surface area contributed by atoms with Crippen molar-refractivity contribution in [2.45, 2.75) is 38.1 Å². The first-order valence-corrected chi connectivity index (χ1v) is 11.6. The number of nitrogen functional groups attached to an aromatic ring is 1. The van der Waals surface area contributed by atoms with Crippen molar-refractivity contribution in [1.29, 1.82) is 0 Å². The van der Waals surface area contributed by atoms with Crippen molar-refractivity contribution in [1.82, 2.24) is 9.88 Å². The molecule has 7 nitrogen and oxygen atoms in total. The lowest BCUT2D eigenvalue weighted by Gasteiger charge is -2.33. The molecule has 2 unspecified atom stereocenters. The fourth-order valence-electron chi connectivity index (χ4n) is 5.34. The Hall–Kier alpha value is -2.33. The van der Waals surface area contributed by atoms with E-state index in [2.05, 4.69) is 14.6 Å². The van der Waals surface area contributed by atoms with Crippen molar-refractivity contribution in [3.05, 3.63) is 23.9 Å². The second-order valence-electron chi connectivity index (χ2n) is 9.59. The fraction of sp³-hybridized carbons (Fsp3) is 0.652. The van der Waals surface area contributed by atoms with E-state index in [1.165, 1.54) is 25.1 Å². The minimum Gasteiger partial charge on any atom is -0.402 e. The molecule has 1 aromatic heterocycles. The van der Waals surface area contributed by atoms with E-state index in [-0.39, 0.29) is 5.82 Å². The van der Waals surface area contributed by atoms with Crippen LogP contribution in [0.5, 0.6) is 5.75 Å². The molecule has 1 saturated heterocycles. The third-order valence-electron chi connectivity index (χ3n) is 7.30. The molecule has 5 rings (SSSR count). The number of allylic oxidation sites excluding steroid dienone is 1. The molecule has 1 aromatic rings. The fourth-order valence-corrected chi connectivity index (χ4v) is 5.34. The van der Waals surface area contributed by atoms with Crippen molar-refractivity contribution in [2.24, 2.45) is 34.4 Å². The van der Waals surface area contributed by atoms with Crippen LogP contribution in [0, 0.1) is 23.7 Å². The second kappa shape index (κ2) is 8.79. The number of pyridine rings is 1. The van der Waals surface area contributed by atoms with Gasteiger partial charge in [0, 0.05) is 54.8 Å². The largest absolute Gasteiger partial charge is 0.573 e. The van der Waals surface area contributed by atoms with Crippen LogP contribution < -0.4 is 16.2 Å². The van der Waals surface area contributed by atoms with Gasteiger partial charge in [0.15, 0.2) is 11.6 Å². The highest BCUT2D eigenvalue weighted by Gasteiger charge is 2.58. The Morgan fingerprint density at radius 1 is 1.24 bits per heavy atom. The summed E-state index contributed by atoms with van der Waals surface area (Å²) in [5, 5.41) is 0. The average molecular weight is 466 g/mol. The van der Waals surface area contributed by atoms with Gasteiger partial charge in [0.1, 0.15) is 0 Å². The summed E-state index contributed by atoms with van der Waals surface area (Å²) in [6.45, 7) is 4.38. The highest BCUT2D eigenvalue weighted by Crippen LogP contribution is 2.59. The van der Waals surface area contributed by atoms with Gasteiger partial charge in [0.25, 0.3) is 0 Å². The number of rotatable bonds is 7. The van der Waals surface area contributed by atoms with Crippen molar-refractivity contribution in [3.8, 4) is 5.75 Å². The highest BCUT2D eigenvalue weighted by molar-refractivity contribution is 6.04. The molecule has 0 amide bonds. The van der Waals surface area contributed by atoms with Gasteiger partial charge in [0.2, 0.25) is 0 Å². The molecule has 1 aliphatic heterocycles. The highest BCUT2D eigenvalue weighted by atomic mass is 19.4. The predicted molar refractivity (Wildman–Crippen MR) is 118 cm³/mol. The van der Waals surface area contributed by atoms with Gasteiger partial charge in [0.05, 0.1) is 13.2 Å². The predicted octanol–water partition coefficient (Wildman–Crippen LogP) is 3.07. The number of halogens is 3. The van der Waals surface area contributed by atoms with Gasteiger partial charge in [-0.15, -0.1) is 13.2 Å². The van der Waals surface area contributed by atoms with E-state index in [1.54, 1.807) is 0 Å². The molecule has 0 radical (unpaired) electrons. The zero-order valence-electron chi connectivity index (χ0n) is 18.4. The molecule has 3 saturated carbocycles. The molecule has 2 atom stereocenters. The molecule has 3 aliphatic carbocycles. The Bertz CT molecular complexity index is 929. The van der Waals surface area contributed by atoms with Crippen LogP contribution in [0.3, 0.4) is 0 Å². The quantitative estimate of drug-likeness (QED) is 0.601. The molecule has 0 bridgehead atoms. The summed E-state index contributed by atoms with van der Waals surface area (Å²) in [5.41, 5.74) is 13.5. The monoisotopic (exact) mass is 465 g/mol. The summed E-state index contributed by atoms with van der Waals surface area (Å²) in [7, 11) is 0. The molecule has 4 N–H and O–H groups in total. The Morgan fingerprint density at radius 3 is 2.58 bits per heavy atom. The van der Waals surface area contributed by atoms with Crippen molar-refractivity contribution in [3.63, 3.8) is 0 Å². The van der Waals surface area contributed by atoms with E-state index in [4.69, 9.17) is 21.2 Å². The molecule has 2 heterocycles. The smallest absolute Gasteiger partial charge is 0.402 e. The Kier molecular flexibility index (Phi) is 5.98. The zero-order valence-corrected chi connectivity index (χ0v) is 18.4. The molecule has 0 aromatic carbocycles. The third kappa shape index (κ3) is 5.27. The minimum atomic E-state index is -4.85. The molecule has 180 valence electrons. The van der Waals surface area contributed by atoms with Crippen molar-refractivity contribution in [2.75, 3.05) is 38.6 Å². The summed E-state index contributed by atoms with van der Waals surface area (Å²) in [6, 6.07) is 1.79. The van der Waals surface area contributed by atoms with Crippen molar-refractivity contribution >= 4 is 17.2 Å². The van der Waals surface area contributed by atoms with E-state index in [0.717, 1.165) is 51.4 Å². The minimum absolute atomic E-state index is 0.318. The first kappa shape index (κ1) is 22.5. The summed E-state index contributed by atoms with van der Waals surface area (Å²) in [6.07, 6.45) is 3.04. The number of nitrogens with two attached hydrogens (primary N) is 2. The van der Waals surface area contributed by atoms with Gasteiger partial charge in [-0.3, -0.25) is 9.89 Å². The van der Waals surface area contributed by atoms with Gasteiger partial charge in [-0.1, -0.05) is 0 Å². The van der Waals surface area contributed by atoms with E-state index < -0.39 is 12.1 Å². The van der Waals surface area contributed by atoms with Crippen LogP contribution in [0.4, 0.5) is 19.0 Å². The first-order chi connectivity index (χ1) is 15.8. The number of nitrogens with zero attached hydrogens (tertiary/aromatic N) is 3. The van der Waals surface area contributed by atoms with Crippen LogP contribution in [-0.2, 0) is 4.74 Å². The van der Waals surface area contributed by atoms with Gasteiger partial charge < -0.3 is 20.9 Å². The molecule has 33 heavy (non-hydrogen) atoms. The number of aromatic nitrogens is 1. The van der Waals surface area contributed by atoms with Gasteiger partial charge in [-0.2, -0.15) is 0 Å². The maximum atomic E-state index is 12.7. The lowest BCUT2D eigenvalue weighted by Crippen LogP contribution is -2.43. The number of fused-ring (bicyclic) bond motifs is 1. The van der Waals surface area contributed by atoms with E-state index >= 15 is 0 Å². The van der Waals surface area contributed by atoms with Crippen LogP contribution in [-0.4, -0.2) is 60.8 Å². The number of morpholine rings is 1. The van der Waals surface area contributed by atoms with Crippen LogP contribution in [0.25, 0.3) is 5.70 Å². The normalized spacial score (nSPS) is 30.9. The number of hydrogen-bond acceptors (Lipinski definition) is 7.